The summed E-state index contributed by atoms with van der Waals surface area (Å²) in [4.78, 5) is 37.4. The number of carbonyl (C=O) groups excluding carboxylic acids is 3. The van der Waals surface area contributed by atoms with Crippen molar-refractivity contribution < 1.29 is 24.3 Å². The topological polar surface area (TPSA) is 83.9 Å². The van der Waals surface area contributed by atoms with Gasteiger partial charge in [0.1, 0.15) is 0 Å². The zero-order valence-corrected chi connectivity index (χ0v) is 7.73. The fourth-order valence-electron chi connectivity index (χ4n) is 1.04. The van der Waals surface area contributed by atoms with E-state index in [4.69, 9.17) is 5.11 Å². The Hall–Kier alpha value is -1.43. The minimum Gasteiger partial charge on any atom is -0.393 e. The third-order valence-corrected chi connectivity index (χ3v) is 1.66. The molecule has 14 heavy (non-hydrogen) atoms. The van der Waals surface area contributed by atoms with Crippen LogP contribution in [0.3, 0.4) is 0 Å². The smallest absolute Gasteiger partial charge is 0.335 e. The second-order valence-electron chi connectivity index (χ2n) is 3.10. The third-order valence-electron chi connectivity index (χ3n) is 1.66. The number of aliphatic hydroxyl groups is 1. The lowest BCUT2D eigenvalue weighted by atomic mass is 10.3. The molecule has 0 aromatic heterocycles. The van der Waals surface area contributed by atoms with Crippen LogP contribution in [0.25, 0.3) is 0 Å². The first kappa shape index (κ1) is 10.6. The Bertz CT molecular complexity index is 257. The molecule has 1 aliphatic rings. The summed E-state index contributed by atoms with van der Waals surface area (Å²) >= 11 is 0. The Morgan fingerprint density at radius 2 is 2.00 bits per heavy atom. The summed E-state index contributed by atoms with van der Waals surface area (Å²) < 4.78 is 0. The highest BCUT2D eigenvalue weighted by atomic mass is 16.7. The highest BCUT2D eigenvalue weighted by Crippen LogP contribution is 2.12. The fraction of sp³-hybridized carbons (Fsp3) is 0.625. The van der Waals surface area contributed by atoms with E-state index < -0.39 is 23.9 Å². The Morgan fingerprint density at radius 3 is 2.43 bits per heavy atom. The molecule has 0 bridgehead atoms. The molecule has 1 heterocycles. The van der Waals surface area contributed by atoms with Crippen molar-refractivity contribution in [2.75, 3.05) is 0 Å². The quantitative estimate of drug-likeness (QED) is 0.614. The lowest BCUT2D eigenvalue weighted by Gasteiger charge is -2.12. The van der Waals surface area contributed by atoms with Gasteiger partial charge in [0.25, 0.3) is 11.8 Å². The van der Waals surface area contributed by atoms with Crippen LogP contribution in [0, 0.1) is 0 Å². The number of rotatable bonds is 3. The Balaban J connectivity index is 2.47. The van der Waals surface area contributed by atoms with E-state index in [1.54, 1.807) is 0 Å². The van der Waals surface area contributed by atoms with E-state index in [2.05, 4.69) is 4.84 Å². The van der Waals surface area contributed by atoms with Gasteiger partial charge in [-0.15, -0.1) is 5.06 Å². The molecule has 2 amide bonds. The van der Waals surface area contributed by atoms with Crippen LogP contribution in [0.2, 0.25) is 0 Å². The third kappa shape index (κ3) is 2.53. The highest BCUT2D eigenvalue weighted by molar-refractivity contribution is 6.01. The number of amides is 2. The molecule has 1 N–H and O–H groups in total. The number of hydrogen-bond donors (Lipinski definition) is 1. The molecule has 0 spiro atoms. The van der Waals surface area contributed by atoms with Gasteiger partial charge in [-0.3, -0.25) is 9.59 Å². The van der Waals surface area contributed by atoms with Gasteiger partial charge in [0.2, 0.25) is 0 Å². The van der Waals surface area contributed by atoms with Gasteiger partial charge >= 0.3 is 5.97 Å². The lowest BCUT2D eigenvalue weighted by molar-refractivity contribution is -0.198. The van der Waals surface area contributed by atoms with E-state index in [0.29, 0.717) is 5.06 Å². The first-order valence-corrected chi connectivity index (χ1v) is 4.25. The molecule has 0 aromatic carbocycles. The average Bonchev–Trinajstić information content (AvgIpc) is 2.34. The second kappa shape index (κ2) is 4.19. The minimum absolute atomic E-state index is 0.0702. The van der Waals surface area contributed by atoms with Crippen molar-refractivity contribution in [2.24, 2.45) is 0 Å². The van der Waals surface area contributed by atoms with E-state index in [1.165, 1.54) is 6.92 Å². The summed E-state index contributed by atoms with van der Waals surface area (Å²) in [7, 11) is 0. The average molecular weight is 201 g/mol. The Kier molecular flexibility index (Phi) is 3.19. The van der Waals surface area contributed by atoms with Gasteiger partial charge in [0, 0.05) is 12.8 Å². The molecule has 6 nitrogen and oxygen atoms in total. The number of aliphatic hydroxyl groups excluding tert-OH is 1. The molecule has 0 aliphatic carbocycles. The predicted molar refractivity (Wildman–Crippen MR) is 43.5 cm³/mol. The summed E-state index contributed by atoms with van der Waals surface area (Å²) in [6, 6.07) is 0. The molecule has 78 valence electrons. The second-order valence-corrected chi connectivity index (χ2v) is 3.10. The molecular formula is C8H11NO5. The Labute approximate surface area is 80.4 Å². The maximum absolute atomic E-state index is 11.0. The first-order valence-electron chi connectivity index (χ1n) is 4.25. The molecule has 1 atom stereocenters. The van der Waals surface area contributed by atoms with Crippen molar-refractivity contribution in [1.82, 2.24) is 5.06 Å². The SMILES string of the molecule is CC(O)CC(=O)ON1C(=O)CCC1=O. The van der Waals surface area contributed by atoms with E-state index in [1.807, 2.05) is 0 Å². The number of imide groups is 1. The molecule has 6 heteroatoms. The van der Waals surface area contributed by atoms with E-state index in [9.17, 15) is 14.4 Å². The summed E-state index contributed by atoms with van der Waals surface area (Å²) in [5, 5.41) is 9.30. The number of nitrogens with zero attached hydrogens (tertiary/aromatic N) is 1. The molecule has 0 radical (unpaired) electrons. The van der Waals surface area contributed by atoms with Gasteiger partial charge in [0.15, 0.2) is 0 Å². The fourth-order valence-corrected chi connectivity index (χ4v) is 1.04. The van der Waals surface area contributed by atoms with Crippen molar-refractivity contribution in [3.8, 4) is 0 Å². The van der Waals surface area contributed by atoms with Gasteiger partial charge in [-0.05, 0) is 6.92 Å². The van der Waals surface area contributed by atoms with Gasteiger partial charge in [-0.2, -0.15) is 0 Å². The van der Waals surface area contributed by atoms with Gasteiger partial charge in [-0.25, -0.2) is 4.79 Å². The monoisotopic (exact) mass is 201 g/mol. The van der Waals surface area contributed by atoms with E-state index in [-0.39, 0.29) is 19.3 Å². The number of hydrogen-bond acceptors (Lipinski definition) is 5. The molecule has 1 rings (SSSR count). The van der Waals surface area contributed by atoms with Crippen LogP contribution >= 0.6 is 0 Å². The zero-order valence-electron chi connectivity index (χ0n) is 7.73. The van der Waals surface area contributed by atoms with Crippen molar-refractivity contribution in [3.05, 3.63) is 0 Å². The van der Waals surface area contributed by atoms with Gasteiger partial charge in [-0.1, -0.05) is 0 Å². The van der Waals surface area contributed by atoms with Crippen LogP contribution in [-0.2, 0) is 19.2 Å². The van der Waals surface area contributed by atoms with Crippen molar-refractivity contribution in [1.29, 1.82) is 0 Å². The highest BCUT2D eigenvalue weighted by Gasteiger charge is 2.32. The molecule has 1 saturated heterocycles. The van der Waals surface area contributed by atoms with Crippen LogP contribution < -0.4 is 0 Å². The van der Waals surface area contributed by atoms with Crippen molar-refractivity contribution in [3.63, 3.8) is 0 Å². The summed E-state index contributed by atoms with van der Waals surface area (Å²) in [5.41, 5.74) is 0. The van der Waals surface area contributed by atoms with Crippen LogP contribution in [0.15, 0.2) is 0 Å². The number of hydroxylamine groups is 2. The molecule has 1 fully saturated rings. The summed E-state index contributed by atoms with van der Waals surface area (Å²) in [6.07, 6.45) is -0.950. The normalized spacial score (nSPS) is 18.6. The van der Waals surface area contributed by atoms with Crippen LogP contribution in [0.1, 0.15) is 26.2 Å². The minimum atomic E-state index is -0.852. The van der Waals surface area contributed by atoms with E-state index in [0.717, 1.165) is 0 Å². The van der Waals surface area contributed by atoms with Gasteiger partial charge in [0.05, 0.1) is 12.5 Å². The molecule has 1 aliphatic heterocycles. The summed E-state index contributed by atoms with van der Waals surface area (Å²) in [6.45, 7) is 1.41. The van der Waals surface area contributed by atoms with E-state index >= 15 is 0 Å². The standard InChI is InChI=1S/C8H11NO5/c1-5(10)4-8(13)14-9-6(11)2-3-7(9)12/h5,10H,2-4H2,1H3. The molecular weight excluding hydrogens is 190 g/mol. The van der Waals surface area contributed by atoms with Crippen molar-refractivity contribution in [2.45, 2.75) is 32.3 Å². The number of carbonyl (C=O) groups is 3. The van der Waals surface area contributed by atoms with Gasteiger partial charge < -0.3 is 9.94 Å². The van der Waals surface area contributed by atoms with Crippen LogP contribution in [-0.4, -0.2) is 34.1 Å². The lowest BCUT2D eigenvalue weighted by Crippen LogP contribution is -2.32. The molecule has 1 unspecified atom stereocenters. The largest absolute Gasteiger partial charge is 0.393 e. The first-order chi connectivity index (χ1) is 6.50. The Morgan fingerprint density at radius 1 is 1.50 bits per heavy atom. The zero-order chi connectivity index (χ0) is 10.7. The predicted octanol–water partition coefficient (Wildman–Crippen LogP) is -0.636. The van der Waals surface area contributed by atoms with Crippen molar-refractivity contribution >= 4 is 17.8 Å². The molecule has 0 aromatic rings. The summed E-state index contributed by atoms with van der Waals surface area (Å²) in [5.74, 6) is -1.83. The maximum atomic E-state index is 11.0. The molecule has 0 saturated carbocycles. The van der Waals surface area contributed by atoms with Crippen LogP contribution in [0.5, 0.6) is 0 Å². The van der Waals surface area contributed by atoms with Crippen LogP contribution in [0.4, 0.5) is 0 Å². The maximum Gasteiger partial charge on any atom is 0.335 e.